The molecule has 1 heterocycles. The first-order valence-electron chi connectivity index (χ1n) is 2.68. The normalized spacial score (nSPS) is 33.4. The van der Waals surface area contributed by atoms with Crippen LogP contribution in [-0.4, -0.2) is 22.6 Å². The van der Waals surface area contributed by atoms with Crippen LogP contribution in [-0.2, 0) is 9.78 Å². The zero-order chi connectivity index (χ0) is 5.11. The molecule has 1 aliphatic heterocycles. The van der Waals surface area contributed by atoms with Crippen molar-refractivity contribution in [3.8, 4) is 0 Å². The Morgan fingerprint density at radius 3 is 2.71 bits per heavy atom. The lowest BCUT2D eigenvalue weighted by molar-refractivity contribution is -0.325. The second-order valence-electron chi connectivity index (χ2n) is 1.87. The number of rotatable bonds is 0. The molecule has 42 valence electrons. The summed E-state index contributed by atoms with van der Waals surface area (Å²) in [5, 5.41) is 0. The molecule has 0 N–H and O–H groups in total. The van der Waals surface area contributed by atoms with E-state index in [2.05, 4.69) is 0 Å². The monoisotopic (exact) mass is 118 g/mol. The van der Waals surface area contributed by atoms with E-state index in [0.717, 1.165) is 16.8 Å². The highest BCUT2D eigenvalue weighted by atomic mass is 28.1. The second kappa shape index (κ2) is 2.45. The van der Waals surface area contributed by atoms with Crippen LogP contribution in [0.5, 0.6) is 0 Å². The van der Waals surface area contributed by atoms with Crippen LogP contribution in [0.1, 0.15) is 12.8 Å². The van der Waals surface area contributed by atoms with Crippen LogP contribution in [0.3, 0.4) is 0 Å². The minimum absolute atomic E-state index is 0.453. The van der Waals surface area contributed by atoms with Gasteiger partial charge in [0, 0.05) is 10.2 Å². The van der Waals surface area contributed by atoms with Gasteiger partial charge in [-0.1, -0.05) is 0 Å². The summed E-state index contributed by atoms with van der Waals surface area (Å²) in [7, 11) is 1.10. The van der Waals surface area contributed by atoms with Gasteiger partial charge in [-0.2, -0.15) is 0 Å². The summed E-state index contributed by atoms with van der Waals surface area (Å²) in [6.07, 6.45) is 2.38. The van der Waals surface area contributed by atoms with Gasteiger partial charge in [-0.05, 0) is 12.8 Å². The van der Waals surface area contributed by atoms with Crippen molar-refractivity contribution < 1.29 is 9.78 Å². The van der Waals surface area contributed by atoms with Crippen LogP contribution in [0.4, 0.5) is 0 Å². The highest BCUT2D eigenvalue weighted by Crippen LogP contribution is 2.05. The van der Waals surface area contributed by atoms with E-state index >= 15 is 0 Å². The van der Waals surface area contributed by atoms with Crippen molar-refractivity contribution in [2.45, 2.75) is 18.6 Å². The quantitative estimate of drug-likeness (QED) is 0.313. The molecule has 3 heteroatoms. The van der Waals surface area contributed by atoms with E-state index < -0.39 is 0 Å². The summed E-state index contributed by atoms with van der Waals surface area (Å²) in [4.78, 5) is 9.56. The first kappa shape index (κ1) is 5.28. The summed E-state index contributed by atoms with van der Waals surface area (Å²) in [6, 6.07) is 0. The van der Waals surface area contributed by atoms with Gasteiger partial charge in [0.25, 0.3) is 0 Å². The molecular weight excluding hydrogens is 108 g/mol. The van der Waals surface area contributed by atoms with E-state index in [9.17, 15) is 0 Å². The van der Waals surface area contributed by atoms with Crippen molar-refractivity contribution >= 4 is 10.2 Å². The Bertz CT molecular complexity index is 51.7. The topological polar surface area (TPSA) is 18.5 Å². The van der Waals surface area contributed by atoms with Gasteiger partial charge in [-0.15, -0.1) is 0 Å². The average Bonchev–Trinajstić information content (AvgIpc) is 1.69. The van der Waals surface area contributed by atoms with Crippen molar-refractivity contribution in [2.24, 2.45) is 0 Å². The van der Waals surface area contributed by atoms with Crippen molar-refractivity contribution in [3.05, 3.63) is 0 Å². The van der Waals surface area contributed by atoms with Gasteiger partial charge < -0.3 is 0 Å². The Balaban J connectivity index is 2.12. The van der Waals surface area contributed by atoms with Crippen molar-refractivity contribution in [1.29, 1.82) is 0 Å². The van der Waals surface area contributed by atoms with Crippen molar-refractivity contribution in [1.82, 2.24) is 0 Å². The number of hydrogen-bond donors (Lipinski definition) is 0. The van der Waals surface area contributed by atoms with Crippen LogP contribution in [0.15, 0.2) is 0 Å². The lowest BCUT2D eigenvalue weighted by Crippen LogP contribution is -2.19. The maximum absolute atomic E-state index is 4.84. The molecule has 0 spiro atoms. The molecule has 0 aromatic heterocycles. The van der Waals surface area contributed by atoms with E-state index in [-0.39, 0.29) is 0 Å². The molecule has 1 atom stereocenters. The second-order valence-corrected chi connectivity index (χ2v) is 3.16. The van der Waals surface area contributed by atoms with Gasteiger partial charge in [0.2, 0.25) is 0 Å². The Hall–Kier alpha value is 0.137. The maximum Gasteiger partial charge on any atom is 0.0823 e. The summed E-state index contributed by atoms with van der Waals surface area (Å²) in [5.41, 5.74) is 0.453. The fourth-order valence-electron chi connectivity index (χ4n) is 0.642. The summed E-state index contributed by atoms with van der Waals surface area (Å²) in [5.74, 6) is 0. The minimum Gasteiger partial charge on any atom is -0.238 e. The maximum atomic E-state index is 4.84. The zero-order valence-corrected chi connectivity index (χ0v) is 6.52. The van der Waals surface area contributed by atoms with Crippen LogP contribution >= 0.6 is 0 Å². The lowest BCUT2D eigenvalue weighted by Gasteiger charge is -2.16. The van der Waals surface area contributed by atoms with E-state index in [1.165, 1.54) is 12.8 Å². The zero-order valence-electron chi connectivity index (χ0n) is 4.52. The predicted octanol–water partition coefficient (Wildman–Crippen LogP) is -0.580. The van der Waals surface area contributed by atoms with Gasteiger partial charge in [0.1, 0.15) is 0 Å². The fourth-order valence-corrected chi connectivity index (χ4v) is 1.19. The molecule has 2 nitrogen and oxygen atoms in total. The summed E-state index contributed by atoms with van der Waals surface area (Å²) in [6.45, 7) is 0.790. The Kier molecular flexibility index (Phi) is 1.84. The smallest absolute Gasteiger partial charge is 0.0823 e. The van der Waals surface area contributed by atoms with Gasteiger partial charge in [-0.25, -0.2) is 9.78 Å². The highest BCUT2D eigenvalue weighted by Gasteiger charge is 2.07. The Labute approximate surface area is 46.2 Å². The van der Waals surface area contributed by atoms with Crippen molar-refractivity contribution in [3.63, 3.8) is 0 Å². The van der Waals surface area contributed by atoms with Gasteiger partial charge in [-0.3, -0.25) is 0 Å². The lowest BCUT2D eigenvalue weighted by atomic mass is 10.3. The van der Waals surface area contributed by atoms with E-state index in [0.29, 0.717) is 5.73 Å². The Morgan fingerprint density at radius 2 is 2.43 bits per heavy atom. The summed E-state index contributed by atoms with van der Waals surface area (Å²) >= 11 is 0. The summed E-state index contributed by atoms with van der Waals surface area (Å²) < 4.78 is 0. The van der Waals surface area contributed by atoms with Crippen LogP contribution in [0, 0.1) is 0 Å². The van der Waals surface area contributed by atoms with Crippen LogP contribution in [0.25, 0.3) is 0 Å². The molecule has 1 unspecified atom stereocenters. The van der Waals surface area contributed by atoms with Gasteiger partial charge in [0.15, 0.2) is 0 Å². The molecule has 1 fully saturated rings. The molecule has 1 rings (SSSR count). The number of hydrogen-bond acceptors (Lipinski definition) is 2. The van der Waals surface area contributed by atoms with E-state index in [1.54, 1.807) is 0 Å². The molecule has 0 bridgehead atoms. The molecule has 7 heavy (non-hydrogen) atoms. The largest absolute Gasteiger partial charge is 0.238 e. The fraction of sp³-hybridized carbons (Fsp3) is 1.00. The third-order valence-electron chi connectivity index (χ3n) is 1.07. The van der Waals surface area contributed by atoms with E-state index in [1.807, 2.05) is 0 Å². The molecule has 1 aliphatic rings. The third-order valence-corrected chi connectivity index (χ3v) is 1.84. The molecule has 0 aromatic carbocycles. The third kappa shape index (κ3) is 1.59. The first-order chi connectivity index (χ1) is 3.39. The molecule has 0 saturated carbocycles. The SMILES string of the molecule is [SiH3]C1CCCOO1. The van der Waals surface area contributed by atoms with Crippen LogP contribution < -0.4 is 0 Å². The van der Waals surface area contributed by atoms with Gasteiger partial charge in [0.05, 0.1) is 12.3 Å². The van der Waals surface area contributed by atoms with Crippen LogP contribution in [0.2, 0.25) is 0 Å². The molecular formula is C4H10O2Si. The van der Waals surface area contributed by atoms with Gasteiger partial charge >= 0.3 is 0 Å². The highest BCUT2D eigenvalue weighted by molar-refractivity contribution is 6.10. The average molecular weight is 118 g/mol. The first-order valence-corrected chi connectivity index (χ1v) is 3.83. The molecule has 0 aliphatic carbocycles. The molecule has 1 saturated heterocycles. The molecule has 0 aromatic rings. The molecule has 0 amide bonds. The minimum atomic E-state index is 0.453. The van der Waals surface area contributed by atoms with Crippen molar-refractivity contribution in [2.75, 3.05) is 6.61 Å². The predicted molar refractivity (Wildman–Crippen MR) is 30.0 cm³/mol. The Morgan fingerprint density at radius 1 is 1.57 bits per heavy atom. The molecule has 0 radical (unpaired) electrons. The van der Waals surface area contributed by atoms with E-state index in [4.69, 9.17) is 9.78 Å². The standard InChI is InChI=1S/C4H10O2Si/c7-4-2-1-3-5-6-4/h4H,1-3H2,7H3.